The van der Waals surface area contributed by atoms with Crippen molar-refractivity contribution >= 4 is 21.8 Å². The Morgan fingerprint density at radius 1 is 1.25 bits per heavy atom. The number of halogens is 1. The van der Waals surface area contributed by atoms with Crippen LogP contribution in [0.25, 0.3) is 0 Å². The van der Waals surface area contributed by atoms with E-state index in [2.05, 4.69) is 15.9 Å². The normalized spacial score (nSPS) is 19.2. The van der Waals surface area contributed by atoms with E-state index in [1.165, 1.54) is 4.90 Å². The van der Waals surface area contributed by atoms with Gasteiger partial charge in [0.05, 0.1) is 15.2 Å². The van der Waals surface area contributed by atoms with Gasteiger partial charge >= 0.3 is 5.66 Å². The molecule has 9 heteroatoms. The molecule has 0 unspecified atom stereocenters. The van der Waals surface area contributed by atoms with Gasteiger partial charge in [-0.2, -0.15) is 0 Å². The lowest BCUT2D eigenvalue weighted by Gasteiger charge is -2.30. The van der Waals surface area contributed by atoms with E-state index in [4.69, 9.17) is 0 Å². The molecule has 0 radical (unpaired) electrons. The van der Waals surface area contributed by atoms with Crippen LogP contribution in [0.2, 0.25) is 0 Å². The molecule has 1 amide bonds. The first kappa shape index (κ1) is 12.8. The van der Waals surface area contributed by atoms with Crippen LogP contribution < -0.4 is 0 Å². The van der Waals surface area contributed by atoms with E-state index in [-0.39, 0.29) is 37.2 Å². The van der Waals surface area contributed by atoms with Crippen molar-refractivity contribution < 1.29 is 14.6 Å². The summed E-state index contributed by atoms with van der Waals surface area (Å²) < 4.78 is 0. The molecule has 1 aliphatic rings. The van der Waals surface area contributed by atoms with E-state index in [0.29, 0.717) is 0 Å². The fourth-order valence-electron chi connectivity index (χ4n) is 1.63. The maximum atomic E-state index is 11.3. The molecule has 0 N–H and O–H groups in total. The number of hydrogen-bond acceptors (Lipinski definition) is 5. The summed E-state index contributed by atoms with van der Waals surface area (Å²) in [6.07, 6.45) is -0.489. The molecule has 0 aromatic carbocycles. The quantitative estimate of drug-likeness (QED) is 0.321. The maximum absolute atomic E-state index is 11.3. The fourth-order valence-corrected chi connectivity index (χ4v) is 1.99. The summed E-state index contributed by atoms with van der Waals surface area (Å²) in [5.41, 5.74) is -2.12. The van der Waals surface area contributed by atoms with Gasteiger partial charge in [-0.25, -0.2) is 0 Å². The Bertz CT molecular complexity index is 310. The molecular formula is C7H10BrN3O5. The Hall–Kier alpha value is -1.25. The first-order valence-corrected chi connectivity index (χ1v) is 5.69. The van der Waals surface area contributed by atoms with Crippen LogP contribution in [0.4, 0.5) is 0 Å². The number of carbonyl (C=O) groups excluding carboxylic acids is 1. The summed E-state index contributed by atoms with van der Waals surface area (Å²) in [7, 11) is 0. The number of carbonyl (C=O) groups is 1. The predicted molar refractivity (Wildman–Crippen MR) is 56.3 cm³/mol. The summed E-state index contributed by atoms with van der Waals surface area (Å²) in [6, 6.07) is 0. The molecule has 1 saturated heterocycles. The minimum Gasteiger partial charge on any atom is -0.341 e. The molecular weight excluding hydrogens is 286 g/mol. The van der Waals surface area contributed by atoms with Gasteiger partial charge in [-0.1, -0.05) is 15.9 Å². The average Bonchev–Trinajstić information content (AvgIpc) is 2.27. The van der Waals surface area contributed by atoms with E-state index in [1.807, 2.05) is 0 Å². The second-order valence-electron chi connectivity index (χ2n) is 3.51. The van der Waals surface area contributed by atoms with Crippen molar-refractivity contribution in [2.24, 2.45) is 0 Å². The highest BCUT2D eigenvalue weighted by Crippen LogP contribution is 2.26. The monoisotopic (exact) mass is 295 g/mol. The van der Waals surface area contributed by atoms with Gasteiger partial charge in [-0.3, -0.25) is 25.0 Å². The molecule has 0 aliphatic carbocycles. The van der Waals surface area contributed by atoms with Crippen molar-refractivity contribution in [2.75, 3.05) is 18.4 Å². The number of amides is 1. The number of nitro groups is 2. The molecule has 8 nitrogen and oxygen atoms in total. The van der Waals surface area contributed by atoms with Gasteiger partial charge in [0.15, 0.2) is 0 Å². The first-order valence-electron chi connectivity index (χ1n) is 4.57. The van der Waals surface area contributed by atoms with Gasteiger partial charge in [-0.15, -0.1) is 0 Å². The third-order valence-electron chi connectivity index (χ3n) is 2.71. The highest BCUT2D eigenvalue weighted by molar-refractivity contribution is 9.09. The number of hydrogen-bond donors (Lipinski definition) is 0. The number of piperidine rings is 1. The SMILES string of the molecule is O=C(CBr)N1CCC([N+](=O)[O-])([N+](=O)[O-])CC1. The van der Waals surface area contributed by atoms with Gasteiger partial charge in [-0.05, 0) is 0 Å². The minimum atomic E-state index is -2.12. The smallest absolute Gasteiger partial charge is 0.341 e. The summed E-state index contributed by atoms with van der Waals surface area (Å²) >= 11 is 2.98. The lowest BCUT2D eigenvalue weighted by atomic mass is 9.98. The average molecular weight is 296 g/mol. The Balaban J connectivity index is 2.75. The number of rotatable bonds is 3. The summed E-state index contributed by atoms with van der Waals surface area (Å²) in [5, 5.41) is 21.6. The highest BCUT2D eigenvalue weighted by Gasteiger charge is 2.57. The lowest BCUT2D eigenvalue weighted by molar-refractivity contribution is -0.800. The van der Waals surface area contributed by atoms with Crippen LogP contribution in [0.1, 0.15) is 12.8 Å². The van der Waals surface area contributed by atoms with Gasteiger partial charge in [0, 0.05) is 13.1 Å². The molecule has 0 bridgehead atoms. The zero-order valence-electron chi connectivity index (χ0n) is 8.30. The van der Waals surface area contributed by atoms with Crippen molar-refractivity contribution in [1.29, 1.82) is 0 Å². The van der Waals surface area contributed by atoms with Crippen LogP contribution in [0.15, 0.2) is 0 Å². The van der Waals surface area contributed by atoms with Crippen molar-refractivity contribution in [3.8, 4) is 0 Å². The van der Waals surface area contributed by atoms with E-state index in [9.17, 15) is 25.0 Å². The molecule has 90 valence electrons. The summed E-state index contributed by atoms with van der Waals surface area (Å²) in [6.45, 7) is 0.0960. The van der Waals surface area contributed by atoms with E-state index in [0.717, 1.165) is 0 Å². The molecule has 16 heavy (non-hydrogen) atoms. The Morgan fingerprint density at radius 2 is 1.69 bits per heavy atom. The van der Waals surface area contributed by atoms with Crippen molar-refractivity contribution in [2.45, 2.75) is 18.5 Å². The summed E-state index contributed by atoms with van der Waals surface area (Å²) in [4.78, 5) is 32.4. The molecule has 0 atom stereocenters. The molecule has 0 spiro atoms. The van der Waals surface area contributed by atoms with Gasteiger partial charge in [0.25, 0.3) is 0 Å². The molecule has 1 heterocycles. The number of alkyl halides is 1. The standard InChI is InChI=1S/C7H10BrN3O5/c8-5-6(12)9-3-1-7(2-4-9,10(13)14)11(15)16/h1-5H2. The van der Waals surface area contributed by atoms with Crippen LogP contribution >= 0.6 is 15.9 Å². The zero-order valence-corrected chi connectivity index (χ0v) is 9.88. The largest absolute Gasteiger partial charge is 0.461 e. The molecule has 0 aromatic heterocycles. The van der Waals surface area contributed by atoms with Gasteiger partial charge in [0.2, 0.25) is 5.91 Å². The summed E-state index contributed by atoms with van der Waals surface area (Å²) in [5.74, 6) is -0.208. The minimum absolute atomic E-state index is 0.0480. The van der Waals surface area contributed by atoms with Gasteiger partial charge < -0.3 is 4.90 Å². The predicted octanol–water partition coefficient (Wildman–Crippen LogP) is 0.253. The third kappa shape index (κ3) is 2.13. The van der Waals surface area contributed by atoms with Crippen molar-refractivity contribution in [3.05, 3.63) is 20.2 Å². The van der Waals surface area contributed by atoms with E-state index < -0.39 is 15.5 Å². The van der Waals surface area contributed by atoms with Crippen LogP contribution in [0.3, 0.4) is 0 Å². The van der Waals surface area contributed by atoms with Crippen LogP contribution in [-0.2, 0) is 4.79 Å². The zero-order chi connectivity index (χ0) is 12.3. The molecule has 0 aromatic rings. The molecule has 0 saturated carbocycles. The van der Waals surface area contributed by atoms with Crippen LogP contribution in [0, 0.1) is 20.2 Å². The van der Waals surface area contributed by atoms with Crippen molar-refractivity contribution in [3.63, 3.8) is 0 Å². The van der Waals surface area contributed by atoms with E-state index in [1.54, 1.807) is 0 Å². The third-order valence-corrected chi connectivity index (χ3v) is 3.19. The second kappa shape index (κ2) is 4.73. The topological polar surface area (TPSA) is 107 Å². The Labute approximate surface area is 99.0 Å². The van der Waals surface area contributed by atoms with Crippen molar-refractivity contribution in [1.82, 2.24) is 4.90 Å². The van der Waals surface area contributed by atoms with Crippen LogP contribution in [0.5, 0.6) is 0 Å². The molecule has 1 rings (SSSR count). The van der Waals surface area contributed by atoms with E-state index >= 15 is 0 Å². The molecule has 1 aliphatic heterocycles. The number of likely N-dealkylation sites (tertiary alicyclic amines) is 1. The molecule has 1 fully saturated rings. The van der Waals surface area contributed by atoms with Crippen LogP contribution in [-0.4, -0.2) is 44.7 Å². The number of nitrogens with zero attached hydrogens (tertiary/aromatic N) is 3. The lowest BCUT2D eigenvalue weighted by Crippen LogP contribution is -2.55. The fraction of sp³-hybridized carbons (Fsp3) is 0.857. The first-order chi connectivity index (χ1) is 7.44. The maximum Gasteiger partial charge on any atom is 0.461 e. The Morgan fingerprint density at radius 3 is 2.00 bits per heavy atom. The Kier molecular flexibility index (Phi) is 3.79. The highest BCUT2D eigenvalue weighted by atomic mass is 79.9. The second-order valence-corrected chi connectivity index (χ2v) is 4.07. The van der Waals surface area contributed by atoms with Gasteiger partial charge in [0.1, 0.15) is 12.8 Å².